The fourth-order valence-electron chi connectivity index (χ4n) is 6.74. The lowest BCUT2D eigenvalue weighted by Gasteiger charge is -2.34. The molecular weight excluding hydrogens is 494 g/mol. The summed E-state index contributed by atoms with van der Waals surface area (Å²) in [6, 6.07) is 4.57. The number of unbranched alkanes of at least 4 members (excludes halogenated alkanes) is 3. The third kappa shape index (κ3) is 4.77. The van der Waals surface area contributed by atoms with E-state index in [2.05, 4.69) is 10.6 Å². The van der Waals surface area contributed by atoms with Gasteiger partial charge in [0.25, 0.3) is 0 Å². The molecule has 37 heavy (non-hydrogen) atoms. The highest BCUT2D eigenvalue weighted by atomic mass is 35.5. The van der Waals surface area contributed by atoms with Crippen LogP contribution >= 0.6 is 11.6 Å². The van der Waals surface area contributed by atoms with Crippen molar-refractivity contribution in [1.82, 2.24) is 10.2 Å². The van der Waals surface area contributed by atoms with Crippen LogP contribution < -0.4 is 10.6 Å². The number of aliphatic hydroxyl groups excluding tert-OH is 1. The Morgan fingerprint density at radius 1 is 1.16 bits per heavy atom. The number of hydrogen-bond acceptors (Lipinski definition) is 5. The molecule has 3 saturated heterocycles. The number of benzene rings is 1. The van der Waals surface area contributed by atoms with E-state index in [1.807, 2.05) is 32.9 Å². The third-order valence-electron chi connectivity index (χ3n) is 8.54. The number of carbonyl (C=O) groups excluding carboxylic acids is 3. The number of nitrogens with one attached hydrogen (secondary N) is 2. The molecule has 4 rings (SSSR count). The van der Waals surface area contributed by atoms with Gasteiger partial charge in [-0.25, -0.2) is 0 Å². The zero-order chi connectivity index (χ0) is 26.8. The van der Waals surface area contributed by atoms with E-state index >= 15 is 0 Å². The number of aryl methyl sites for hydroxylation is 1. The van der Waals surface area contributed by atoms with E-state index in [4.69, 9.17) is 21.4 Å². The third-order valence-corrected chi connectivity index (χ3v) is 8.85. The topological polar surface area (TPSA) is 108 Å². The summed E-state index contributed by atoms with van der Waals surface area (Å²) in [6.45, 7) is 6.93. The first-order valence-electron chi connectivity index (χ1n) is 13.7. The van der Waals surface area contributed by atoms with Crippen molar-refractivity contribution >= 4 is 35.0 Å². The molecule has 0 aromatic heterocycles. The van der Waals surface area contributed by atoms with Crippen LogP contribution in [-0.4, -0.2) is 64.7 Å². The summed E-state index contributed by atoms with van der Waals surface area (Å²) >= 11 is 6.42. The Bertz CT molecular complexity index is 1010. The van der Waals surface area contributed by atoms with Crippen molar-refractivity contribution in [3.63, 3.8) is 0 Å². The molecule has 1 aromatic rings. The molecule has 3 N–H and O–H groups in total. The highest BCUT2D eigenvalue weighted by Gasteiger charge is 2.78. The second kappa shape index (κ2) is 11.3. The Labute approximate surface area is 224 Å². The van der Waals surface area contributed by atoms with Gasteiger partial charge in [-0.1, -0.05) is 50.4 Å². The largest absolute Gasteiger partial charge is 0.396 e. The van der Waals surface area contributed by atoms with E-state index < -0.39 is 29.1 Å². The predicted octanol–water partition coefficient (Wildman–Crippen LogP) is 3.82. The van der Waals surface area contributed by atoms with Gasteiger partial charge in [0, 0.05) is 19.7 Å². The number of fused-ring (bicyclic) bond motifs is 1. The Morgan fingerprint density at radius 2 is 1.92 bits per heavy atom. The molecule has 8 nitrogen and oxygen atoms in total. The monoisotopic (exact) mass is 533 g/mol. The number of amides is 3. The number of hydrogen-bond donors (Lipinski definition) is 3. The van der Waals surface area contributed by atoms with Crippen molar-refractivity contribution in [3.05, 3.63) is 28.8 Å². The summed E-state index contributed by atoms with van der Waals surface area (Å²) in [5.74, 6) is -1.98. The standard InChI is InChI=1S/C28H40ClN3O5/c1-4-15-30-24(34)20-21-26(36)32(16-8-6-7-9-17-33)23(28(21)14-13-27(20,5-2)37-28)25(35)31-22-18(3)11-10-12-19(22)29/h10-12,20-21,23,33H,4-9,13-17H2,1-3H3,(H,30,34)(H,31,35)/t20-,21+,23?,27+,28?/m1/s1. The van der Waals surface area contributed by atoms with E-state index in [9.17, 15) is 14.4 Å². The van der Waals surface area contributed by atoms with Crippen LogP contribution in [0.25, 0.3) is 0 Å². The maximum atomic E-state index is 14.1. The molecule has 204 valence electrons. The second-order valence-corrected chi connectivity index (χ2v) is 11.1. The highest BCUT2D eigenvalue weighted by molar-refractivity contribution is 6.34. The van der Waals surface area contributed by atoms with Crippen molar-refractivity contribution < 1.29 is 24.2 Å². The van der Waals surface area contributed by atoms with Crippen LogP contribution in [0.3, 0.4) is 0 Å². The first-order valence-corrected chi connectivity index (χ1v) is 14.1. The van der Waals surface area contributed by atoms with Crippen LogP contribution in [0.4, 0.5) is 5.69 Å². The zero-order valence-corrected chi connectivity index (χ0v) is 22.9. The fourth-order valence-corrected chi connectivity index (χ4v) is 7.01. The first-order chi connectivity index (χ1) is 17.8. The lowest BCUT2D eigenvalue weighted by molar-refractivity contribution is -0.146. The van der Waals surface area contributed by atoms with Crippen LogP contribution in [-0.2, 0) is 19.1 Å². The minimum absolute atomic E-state index is 0.136. The molecule has 0 radical (unpaired) electrons. The molecule has 9 heteroatoms. The Morgan fingerprint density at radius 3 is 2.59 bits per heavy atom. The van der Waals surface area contributed by atoms with Crippen molar-refractivity contribution in [1.29, 1.82) is 0 Å². The van der Waals surface area contributed by atoms with Crippen molar-refractivity contribution in [2.45, 2.75) is 89.4 Å². The molecule has 3 aliphatic rings. The smallest absolute Gasteiger partial charge is 0.250 e. The van der Waals surface area contributed by atoms with E-state index in [1.54, 1.807) is 11.0 Å². The normalized spacial score (nSPS) is 30.0. The highest BCUT2D eigenvalue weighted by Crippen LogP contribution is 2.64. The zero-order valence-electron chi connectivity index (χ0n) is 22.1. The number of likely N-dealkylation sites (tertiary alicyclic amines) is 1. The van der Waals surface area contributed by atoms with Gasteiger partial charge in [0.15, 0.2) is 0 Å². The number of rotatable bonds is 12. The fraction of sp³-hybridized carbons (Fsp3) is 0.679. The van der Waals surface area contributed by atoms with Gasteiger partial charge in [0.05, 0.1) is 28.1 Å². The molecule has 3 fully saturated rings. The van der Waals surface area contributed by atoms with Gasteiger partial charge < -0.3 is 25.4 Å². The molecule has 0 aliphatic carbocycles. The lowest BCUT2D eigenvalue weighted by atomic mass is 9.65. The van der Waals surface area contributed by atoms with Crippen LogP contribution in [0, 0.1) is 18.8 Å². The number of para-hydroxylation sites is 1. The van der Waals surface area contributed by atoms with E-state index in [0.29, 0.717) is 55.9 Å². The number of nitrogens with zero attached hydrogens (tertiary/aromatic N) is 1. The van der Waals surface area contributed by atoms with Crippen LogP contribution in [0.15, 0.2) is 18.2 Å². The maximum absolute atomic E-state index is 14.1. The summed E-state index contributed by atoms with van der Waals surface area (Å²) < 4.78 is 6.76. The maximum Gasteiger partial charge on any atom is 0.250 e. The minimum Gasteiger partial charge on any atom is -0.396 e. The lowest BCUT2D eigenvalue weighted by Crippen LogP contribution is -2.53. The SMILES string of the molecule is CCCNC(=O)[C@H]1[C@H]2C(=O)N(CCCCCCO)C(C(=O)Nc3c(C)cccc3Cl)C23CC[C@]1(CC)O3. The molecule has 3 aliphatic heterocycles. The van der Waals surface area contributed by atoms with Crippen molar-refractivity contribution in [2.75, 3.05) is 25.0 Å². The van der Waals surface area contributed by atoms with Gasteiger partial charge in [-0.3, -0.25) is 14.4 Å². The van der Waals surface area contributed by atoms with Gasteiger partial charge in [0.2, 0.25) is 17.7 Å². The number of aliphatic hydroxyl groups is 1. The van der Waals surface area contributed by atoms with Gasteiger partial charge in [0.1, 0.15) is 11.6 Å². The summed E-state index contributed by atoms with van der Waals surface area (Å²) in [4.78, 5) is 43.1. The van der Waals surface area contributed by atoms with Gasteiger partial charge in [-0.15, -0.1) is 0 Å². The molecule has 3 amide bonds. The van der Waals surface area contributed by atoms with Crippen LogP contribution in [0.2, 0.25) is 5.02 Å². The number of halogens is 1. The Hall–Kier alpha value is -2.16. The predicted molar refractivity (Wildman–Crippen MR) is 142 cm³/mol. The number of anilines is 1. The van der Waals surface area contributed by atoms with Gasteiger partial charge in [-0.05, 0) is 57.1 Å². The molecule has 1 aromatic carbocycles. The van der Waals surface area contributed by atoms with E-state index in [1.165, 1.54) is 0 Å². The summed E-state index contributed by atoms with van der Waals surface area (Å²) in [5, 5.41) is 15.5. The first kappa shape index (κ1) is 27.9. The summed E-state index contributed by atoms with van der Waals surface area (Å²) in [7, 11) is 0. The summed E-state index contributed by atoms with van der Waals surface area (Å²) in [5.41, 5.74) is -0.441. The summed E-state index contributed by atoms with van der Waals surface area (Å²) in [6.07, 6.45) is 5.67. The number of ether oxygens (including phenoxy) is 1. The molecule has 3 heterocycles. The van der Waals surface area contributed by atoms with E-state index in [-0.39, 0.29) is 24.3 Å². The molecule has 1 spiro atoms. The van der Waals surface area contributed by atoms with Crippen molar-refractivity contribution in [2.24, 2.45) is 11.8 Å². The Balaban J connectivity index is 1.69. The Kier molecular flexibility index (Phi) is 8.51. The minimum atomic E-state index is -1.05. The molecule has 2 bridgehead atoms. The molecule has 0 saturated carbocycles. The van der Waals surface area contributed by atoms with Gasteiger partial charge >= 0.3 is 0 Å². The number of carbonyl (C=O) groups is 3. The average Bonchev–Trinajstić information content (AvgIpc) is 3.48. The van der Waals surface area contributed by atoms with Gasteiger partial charge in [-0.2, -0.15) is 0 Å². The van der Waals surface area contributed by atoms with Crippen LogP contribution in [0.1, 0.15) is 70.8 Å². The van der Waals surface area contributed by atoms with E-state index in [0.717, 1.165) is 24.8 Å². The average molecular weight is 534 g/mol. The molecular formula is C28H40ClN3O5. The molecule has 2 unspecified atom stereocenters. The van der Waals surface area contributed by atoms with Crippen molar-refractivity contribution in [3.8, 4) is 0 Å². The molecule has 5 atom stereocenters. The van der Waals surface area contributed by atoms with Crippen LogP contribution in [0.5, 0.6) is 0 Å². The quantitative estimate of drug-likeness (QED) is 0.354. The second-order valence-electron chi connectivity index (χ2n) is 10.7.